The molecule has 1 fully saturated rings. The van der Waals surface area contributed by atoms with Crippen LogP contribution in [0, 0.1) is 13.8 Å². The number of carbonyl (C=O) groups is 1. The highest BCUT2D eigenvalue weighted by atomic mass is 16.5. The minimum atomic E-state index is -0.00298. The minimum Gasteiger partial charge on any atom is -0.496 e. The van der Waals surface area contributed by atoms with Crippen LogP contribution in [0.1, 0.15) is 22.6 Å². The molecule has 146 valence electrons. The van der Waals surface area contributed by atoms with Crippen LogP contribution in [0.25, 0.3) is 0 Å². The Hall–Kier alpha value is -2.54. The van der Waals surface area contributed by atoms with Crippen LogP contribution in [0.4, 0.5) is 4.79 Å². The summed E-state index contributed by atoms with van der Waals surface area (Å²) in [7, 11) is 1.67. The van der Waals surface area contributed by atoms with E-state index in [0.29, 0.717) is 19.6 Å². The third kappa shape index (κ3) is 5.23. The summed E-state index contributed by atoms with van der Waals surface area (Å²) in [6.45, 7) is 8.40. The van der Waals surface area contributed by atoms with Gasteiger partial charge < -0.3 is 19.5 Å². The van der Waals surface area contributed by atoms with Crippen LogP contribution in [0.2, 0.25) is 0 Å². The predicted octanol–water partition coefficient (Wildman–Crippen LogP) is 2.37. The molecule has 7 nitrogen and oxygen atoms in total. The van der Waals surface area contributed by atoms with Crippen molar-refractivity contribution in [2.75, 3.05) is 39.8 Å². The van der Waals surface area contributed by atoms with E-state index in [2.05, 4.69) is 28.4 Å². The molecule has 2 heterocycles. The summed E-state index contributed by atoms with van der Waals surface area (Å²) in [6.07, 6.45) is 0.751. The Labute approximate surface area is 160 Å². The highest BCUT2D eigenvalue weighted by molar-refractivity contribution is 5.74. The van der Waals surface area contributed by atoms with Gasteiger partial charge in [0.1, 0.15) is 5.75 Å². The lowest BCUT2D eigenvalue weighted by molar-refractivity contribution is 0.128. The number of hydrogen-bond donors (Lipinski definition) is 1. The maximum Gasteiger partial charge on any atom is 0.317 e. The van der Waals surface area contributed by atoms with E-state index in [1.807, 2.05) is 30.0 Å². The van der Waals surface area contributed by atoms with Gasteiger partial charge in [-0.15, -0.1) is 0 Å². The molecule has 0 aliphatic carbocycles. The van der Waals surface area contributed by atoms with E-state index < -0.39 is 0 Å². The molecular formula is C20H28N4O3. The van der Waals surface area contributed by atoms with Crippen LogP contribution in [0.3, 0.4) is 0 Å². The van der Waals surface area contributed by atoms with E-state index in [1.165, 1.54) is 5.56 Å². The fourth-order valence-corrected chi connectivity index (χ4v) is 3.34. The van der Waals surface area contributed by atoms with Crippen molar-refractivity contribution in [3.8, 4) is 5.75 Å². The van der Waals surface area contributed by atoms with E-state index in [4.69, 9.17) is 9.26 Å². The molecule has 1 aromatic carbocycles. The van der Waals surface area contributed by atoms with Gasteiger partial charge in [0.2, 0.25) is 0 Å². The molecule has 0 saturated carbocycles. The van der Waals surface area contributed by atoms with Gasteiger partial charge in [0.25, 0.3) is 0 Å². The van der Waals surface area contributed by atoms with Crippen LogP contribution in [-0.4, -0.2) is 60.8 Å². The monoisotopic (exact) mass is 372 g/mol. The molecule has 7 heteroatoms. The molecule has 2 amide bonds. The lowest BCUT2D eigenvalue weighted by Crippen LogP contribution is -2.51. The number of nitrogens with zero attached hydrogens (tertiary/aromatic N) is 3. The van der Waals surface area contributed by atoms with Crippen molar-refractivity contribution in [1.29, 1.82) is 0 Å². The molecule has 0 unspecified atom stereocenters. The summed E-state index contributed by atoms with van der Waals surface area (Å²) in [4.78, 5) is 16.6. The molecule has 0 radical (unpaired) electrons. The molecule has 2 aromatic rings. The zero-order valence-electron chi connectivity index (χ0n) is 16.3. The fraction of sp³-hybridized carbons (Fsp3) is 0.500. The third-order valence-corrected chi connectivity index (χ3v) is 4.82. The number of ether oxygens (including phenoxy) is 1. The van der Waals surface area contributed by atoms with E-state index in [1.54, 1.807) is 7.11 Å². The molecule has 1 N–H and O–H groups in total. The van der Waals surface area contributed by atoms with E-state index in [0.717, 1.165) is 48.8 Å². The van der Waals surface area contributed by atoms with Crippen molar-refractivity contribution in [3.63, 3.8) is 0 Å². The number of aromatic nitrogens is 1. The smallest absolute Gasteiger partial charge is 0.317 e. The SMILES string of the molecule is COc1ccc(C)cc1CCNC(=O)N1CCN(Cc2cc(C)no2)CC1. The molecule has 27 heavy (non-hydrogen) atoms. The Balaban J connectivity index is 1.41. The third-order valence-electron chi connectivity index (χ3n) is 4.82. The van der Waals surface area contributed by atoms with Gasteiger partial charge >= 0.3 is 6.03 Å². The summed E-state index contributed by atoms with van der Waals surface area (Å²) in [5.41, 5.74) is 3.20. The van der Waals surface area contributed by atoms with Gasteiger partial charge in [-0.1, -0.05) is 22.9 Å². The molecule has 0 spiro atoms. The lowest BCUT2D eigenvalue weighted by Gasteiger charge is -2.34. The Bertz CT molecular complexity index is 766. The second-order valence-electron chi connectivity index (χ2n) is 7.00. The average molecular weight is 372 g/mol. The zero-order chi connectivity index (χ0) is 19.2. The second kappa shape index (κ2) is 8.90. The van der Waals surface area contributed by atoms with Crippen molar-refractivity contribution in [1.82, 2.24) is 20.3 Å². The molecule has 1 saturated heterocycles. The van der Waals surface area contributed by atoms with Crippen LogP contribution in [0.15, 0.2) is 28.8 Å². The maximum absolute atomic E-state index is 12.4. The highest BCUT2D eigenvalue weighted by Crippen LogP contribution is 2.19. The zero-order valence-corrected chi connectivity index (χ0v) is 16.3. The summed E-state index contributed by atoms with van der Waals surface area (Å²) >= 11 is 0. The van der Waals surface area contributed by atoms with Gasteiger partial charge in [-0.05, 0) is 31.9 Å². The standard InChI is InChI=1S/C20H28N4O3/c1-15-4-5-19(26-3)17(12-15)6-7-21-20(25)24-10-8-23(9-11-24)14-18-13-16(2)22-27-18/h4-5,12-13H,6-11,14H2,1-3H3,(H,21,25). The Morgan fingerprint density at radius 2 is 2.00 bits per heavy atom. The Kier molecular flexibility index (Phi) is 6.34. The first-order valence-electron chi connectivity index (χ1n) is 9.36. The maximum atomic E-state index is 12.4. The topological polar surface area (TPSA) is 70.8 Å². The van der Waals surface area contributed by atoms with E-state index in [-0.39, 0.29) is 6.03 Å². The summed E-state index contributed by atoms with van der Waals surface area (Å²) < 4.78 is 10.7. The molecule has 3 rings (SSSR count). The van der Waals surface area contributed by atoms with Crippen LogP contribution in [0.5, 0.6) is 5.75 Å². The van der Waals surface area contributed by atoms with E-state index in [9.17, 15) is 4.79 Å². The number of rotatable bonds is 6. The minimum absolute atomic E-state index is 0.00298. The van der Waals surface area contributed by atoms with Gasteiger partial charge in [0, 0.05) is 38.8 Å². The normalized spacial score (nSPS) is 15.0. The van der Waals surface area contributed by atoms with Gasteiger partial charge in [0.15, 0.2) is 5.76 Å². The van der Waals surface area contributed by atoms with Gasteiger partial charge in [-0.25, -0.2) is 4.79 Å². The van der Waals surface area contributed by atoms with Crippen molar-refractivity contribution in [2.24, 2.45) is 0 Å². The van der Waals surface area contributed by atoms with Crippen molar-refractivity contribution in [3.05, 3.63) is 46.8 Å². The summed E-state index contributed by atoms with van der Waals surface area (Å²) in [5.74, 6) is 1.74. The second-order valence-corrected chi connectivity index (χ2v) is 7.00. The van der Waals surface area contributed by atoms with Gasteiger partial charge in [-0.3, -0.25) is 4.90 Å². The predicted molar refractivity (Wildman–Crippen MR) is 103 cm³/mol. The Morgan fingerprint density at radius 1 is 1.22 bits per heavy atom. The number of benzene rings is 1. The highest BCUT2D eigenvalue weighted by Gasteiger charge is 2.21. The van der Waals surface area contributed by atoms with Crippen molar-refractivity contribution < 1.29 is 14.1 Å². The molecule has 0 bridgehead atoms. The van der Waals surface area contributed by atoms with Crippen molar-refractivity contribution in [2.45, 2.75) is 26.8 Å². The quantitative estimate of drug-likeness (QED) is 0.843. The Morgan fingerprint density at radius 3 is 2.67 bits per heavy atom. The average Bonchev–Trinajstić information content (AvgIpc) is 3.07. The number of methoxy groups -OCH3 is 1. The van der Waals surface area contributed by atoms with Gasteiger partial charge in [-0.2, -0.15) is 0 Å². The number of urea groups is 1. The first kappa shape index (κ1) is 19.2. The molecule has 0 atom stereocenters. The lowest BCUT2D eigenvalue weighted by atomic mass is 10.1. The van der Waals surface area contributed by atoms with Crippen LogP contribution < -0.4 is 10.1 Å². The summed E-state index contributed by atoms with van der Waals surface area (Å²) in [5, 5.41) is 6.94. The first-order chi connectivity index (χ1) is 13.0. The van der Waals surface area contributed by atoms with Crippen LogP contribution in [-0.2, 0) is 13.0 Å². The van der Waals surface area contributed by atoms with Gasteiger partial charge in [0.05, 0.1) is 19.3 Å². The number of aryl methyl sites for hydroxylation is 2. The fourth-order valence-electron chi connectivity index (χ4n) is 3.34. The number of hydrogen-bond acceptors (Lipinski definition) is 5. The van der Waals surface area contributed by atoms with Crippen LogP contribution >= 0.6 is 0 Å². The molecule has 1 aromatic heterocycles. The van der Waals surface area contributed by atoms with Crippen molar-refractivity contribution >= 4 is 6.03 Å². The first-order valence-corrected chi connectivity index (χ1v) is 9.36. The number of amides is 2. The number of piperazine rings is 1. The number of carbonyl (C=O) groups excluding carboxylic acids is 1. The molecule has 1 aliphatic rings. The molecule has 1 aliphatic heterocycles. The summed E-state index contributed by atoms with van der Waals surface area (Å²) in [6, 6.07) is 8.06. The number of nitrogens with one attached hydrogen (secondary N) is 1. The largest absolute Gasteiger partial charge is 0.496 e. The molecular weight excluding hydrogens is 344 g/mol. The van der Waals surface area contributed by atoms with E-state index >= 15 is 0 Å².